The molecule has 4 heteroatoms. The van der Waals surface area contributed by atoms with Gasteiger partial charge in [-0.1, -0.05) is 17.2 Å². The zero-order valence-corrected chi connectivity index (χ0v) is 16.1. The first kappa shape index (κ1) is 17.6. The summed E-state index contributed by atoms with van der Waals surface area (Å²) in [5.41, 5.74) is 2.83. The molecule has 3 fully saturated rings. The van der Waals surface area contributed by atoms with Crippen LogP contribution in [0.25, 0.3) is 0 Å². The van der Waals surface area contributed by atoms with E-state index in [9.17, 15) is 9.59 Å². The van der Waals surface area contributed by atoms with Gasteiger partial charge in [0.05, 0.1) is 5.41 Å². The summed E-state index contributed by atoms with van der Waals surface area (Å²) in [5.74, 6) is 1.24. The third-order valence-corrected chi connectivity index (χ3v) is 6.48. The summed E-state index contributed by atoms with van der Waals surface area (Å²) in [4.78, 5) is 30.1. The van der Waals surface area contributed by atoms with Gasteiger partial charge in [-0.2, -0.15) is 0 Å². The number of hydrogen-bond acceptors (Lipinski definition) is 2. The highest BCUT2D eigenvalue weighted by atomic mass is 16.2. The number of nitrogens with zero attached hydrogens (tertiary/aromatic N) is 2. The first-order valence-corrected chi connectivity index (χ1v) is 10.1. The molecule has 1 aromatic rings. The van der Waals surface area contributed by atoms with Crippen molar-refractivity contribution in [2.24, 2.45) is 11.3 Å². The number of likely N-dealkylation sites (tertiary alicyclic amines) is 2. The molecule has 0 radical (unpaired) electrons. The van der Waals surface area contributed by atoms with Crippen LogP contribution in [0.1, 0.15) is 60.0 Å². The van der Waals surface area contributed by atoms with Gasteiger partial charge in [0.15, 0.2) is 0 Å². The fourth-order valence-corrected chi connectivity index (χ4v) is 4.82. The lowest BCUT2D eigenvalue weighted by molar-refractivity contribution is -0.149. The van der Waals surface area contributed by atoms with Crippen LogP contribution < -0.4 is 0 Å². The van der Waals surface area contributed by atoms with Gasteiger partial charge < -0.3 is 9.80 Å². The Morgan fingerprint density at radius 3 is 2.31 bits per heavy atom. The number of carbonyl (C=O) groups excluding carboxylic acids is 2. The van der Waals surface area contributed by atoms with Crippen LogP contribution in [-0.4, -0.2) is 47.8 Å². The summed E-state index contributed by atoms with van der Waals surface area (Å²) in [5, 5.41) is 0. The van der Waals surface area contributed by atoms with E-state index in [0.717, 1.165) is 61.4 Å². The Bertz CT molecular complexity index is 695. The fourth-order valence-electron chi connectivity index (χ4n) is 4.82. The highest BCUT2D eigenvalue weighted by Gasteiger charge is 2.47. The van der Waals surface area contributed by atoms with Crippen molar-refractivity contribution in [1.82, 2.24) is 9.80 Å². The third-order valence-electron chi connectivity index (χ3n) is 6.48. The van der Waals surface area contributed by atoms with E-state index in [1.807, 2.05) is 30.9 Å². The van der Waals surface area contributed by atoms with Crippen molar-refractivity contribution >= 4 is 11.8 Å². The SMILES string of the molecule is Cc1cc(C)cc(C(=O)N2CCC3(CCCN(CC4CC4)C3=O)CC2)c1. The van der Waals surface area contributed by atoms with Gasteiger partial charge in [-0.05, 0) is 70.4 Å². The largest absolute Gasteiger partial charge is 0.342 e. The van der Waals surface area contributed by atoms with Crippen LogP contribution in [0.4, 0.5) is 0 Å². The van der Waals surface area contributed by atoms with Crippen molar-refractivity contribution < 1.29 is 9.59 Å². The van der Waals surface area contributed by atoms with Gasteiger partial charge in [0, 0.05) is 31.7 Å². The van der Waals surface area contributed by atoms with Crippen LogP contribution in [-0.2, 0) is 4.79 Å². The Balaban J connectivity index is 1.42. The van der Waals surface area contributed by atoms with Crippen molar-refractivity contribution in [1.29, 1.82) is 0 Å². The van der Waals surface area contributed by atoms with Gasteiger partial charge in [-0.25, -0.2) is 0 Å². The van der Waals surface area contributed by atoms with Crippen LogP contribution in [0, 0.1) is 25.2 Å². The van der Waals surface area contributed by atoms with Crippen LogP contribution in [0.5, 0.6) is 0 Å². The fraction of sp³-hybridized carbons (Fsp3) is 0.636. The topological polar surface area (TPSA) is 40.6 Å². The van der Waals surface area contributed by atoms with Gasteiger partial charge in [-0.15, -0.1) is 0 Å². The molecule has 1 saturated carbocycles. The van der Waals surface area contributed by atoms with E-state index >= 15 is 0 Å². The molecule has 4 rings (SSSR count). The highest BCUT2D eigenvalue weighted by molar-refractivity contribution is 5.95. The number of hydrogen-bond donors (Lipinski definition) is 0. The van der Waals surface area contributed by atoms with Gasteiger partial charge >= 0.3 is 0 Å². The molecular weight excluding hydrogens is 324 g/mol. The summed E-state index contributed by atoms with van der Waals surface area (Å²) >= 11 is 0. The smallest absolute Gasteiger partial charge is 0.253 e. The molecule has 1 aromatic carbocycles. The van der Waals surface area contributed by atoms with E-state index in [-0.39, 0.29) is 11.3 Å². The molecule has 0 aromatic heterocycles. The van der Waals surface area contributed by atoms with Gasteiger partial charge in [0.25, 0.3) is 5.91 Å². The molecule has 3 aliphatic rings. The normalized spacial score (nSPS) is 22.8. The van der Waals surface area contributed by atoms with Crippen molar-refractivity contribution in [3.63, 3.8) is 0 Å². The molecule has 0 bridgehead atoms. The monoisotopic (exact) mass is 354 g/mol. The predicted octanol–water partition coefficient (Wildman–Crippen LogP) is 3.56. The number of amides is 2. The van der Waals surface area contributed by atoms with Gasteiger partial charge in [0.1, 0.15) is 0 Å². The van der Waals surface area contributed by atoms with Gasteiger partial charge in [0.2, 0.25) is 5.91 Å². The minimum Gasteiger partial charge on any atom is -0.342 e. The Morgan fingerprint density at radius 1 is 1.04 bits per heavy atom. The summed E-state index contributed by atoms with van der Waals surface area (Å²) < 4.78 is 0. The van der Waals surface area contributed by atoms with Crippen LogP contribution in [0.2, 0.25) is 0 Å². The first-order chi connectivity index (χ1) is 12.5. The average Bonchev–Trinajstić information content (AvgIpc) is 3.42. The molecule has 2 heterocycles. The van der Waals surface area contributed by atoms with Crippen molar-refractivity contribution in [3.05, 3.63) is 34.9 Å². The second-order valence-corrected chi connectivity index (χ2v) is 8.75. The minimum absolute atomic E-state index is 0.116. The number of carbonyl (C=O) groups is 2. The molecule has 0 N–H and O–H groups in total. The lowest BCUT2D eigenvalue weighted by Gasteiger charge is -2.46. The van der Waals surface area contributed by atoms with Crippen molar-refractivity contribution in [2.45, 2.75) is 52.4 Å². The maximum atomic E-state index is 13.1. The lowest BCUT2D eigenvalue weighted by Crippen LogP contribution is -2.54. The molecule has 140 valence electrons. The second-order valence-electron chi connectivity index (χ2n) is 8.75. The first-order valence-electron chi connectivity index (χ1n) is 10.1. The summed E-state index contributed by atoms with van der Waals surface area (Å²) in [6.07, 6.45) is 6.33. The average molecular weight is 354 g/mol. The molecule has 2 aliphatic heterocycles. The molecule has 1 spiro atoms. The number of rotatable bonds is 3. The summed E-state index contributed by atoms with van der Waals surface area (Å²) in [6.45, 7) is 7.37. The molecule has 2 saturated heterocycles. The zero-order valence-electron chi connectivity index (χ0n) is 16.1. The molecule has 0 atom stereocenters. The van der Waals surface area contributed by atoms with Crippen LogP contribution >= 0.6 is 0 Å². The van der Waals surface area contributed by atoms with Crippen molar-refractivity contribution in [3.8, 4) is 0 Å². The standard InChI is InChI=1S/C22H30N2O2/c1-16-12-17(2)14-19(13-16)20(25)23-10-7-22(8-11-23)6-3-9-24(21(22)26)15-18-4-5-18/h12-14,18H,3-11,15H2,1-2H3. The maximum Gasteiger partial charge on any atom is 0.253 e. The number of piperidine rings is 2. The van der Waals surface area contributed by atoms with Crippen LogP contribution in [0.3, 0.4) is 0 Å². The molecule has 0 unspecified atom stereocenters. The Labute approximate surface area is 156 Å². The van der Waals surface area contributed by atoms with E-state index in [0.29, 0.717) is 19.0 Å². The van der Waals surface area contributed by atoms with E-state index in [1.165, 1.54) is 12.8 Å². The molecule has 1 aliphatic carbocycles. The van der Waals surface area contributed by atoms with E-state index < -0.39 is 0 Å². The molecule has 4 nitrogen and oxygen atoms in total. The Morgan fingerprint density at radius 2 is 1.69 bits per heavy atom. The van der Waals surface area contributed by atoms with Crippen molar-refractivity contribution in [2.75, 3.05) is 26.2 Å². The van der Waals surface area contributed by atoms with Gasteiger partial charge in [-0.3, -0.25) is 9.59 Å². The summed E-state index contributed by atoms with van der Waals surface area (Å²) in [6, 6.07) is 6.04. The Hall–Kier alpha value is -1.84. The summed E-state index contributed by atoms with van der Waals surface area (Å²) in [7, 11) is 0. The van der Waals surface area contributed by atoms with E-state index in [2.05, 4.69) is 11.0 Å². The second kappa shape index (κ2) is 6.71. The lowest BCUT2D eigenvalue weighted by atomic mass is 9.71. The number of aryl methyl sites for hydroxylation is 2. The zero-order chi connectivity index (χ0) is 18.3. The number of benzene rings is 1. The minimum atomic E-state index is -0.202. The van der Waals surface area contributed by atoms with Crippen LogP contribution in [0.15, 0.2) is 18.2 Å². The maximum absolute atomic E-state index is 13.1. The quantitative estimate of drug-likeness (QED) is 0.833. The third kappa shape index (κ3) is 3.38. The predicted molar refractivity (Wildman–Crippen MR) is 102 cm³/mol. The van der Waals surface area contributed by atoms with E-state index in [1.54, 1.807) is 0 Å². The molecular formula is C22H30N2O2. The molecule has 26 heavy (non-hydrogen) atoms. The van der Waals surface area contributed by atoms with E-state index in [4.69, 9.17) is 0 Å². The highest BCUT2D eigenvalue weighted by Crippen LogP contribution is 2.42. The Kier molecular flexibility index (Phi) is 4.54. The molecule has 2 amide bonds.